The molecule has 0 fully saturated rings. The number of hydrazone groups is 1. The molecule has 8 heteroatoms. The third-order valence-corrected chi connectivity index (χ3v) is 3.92. The van der Waals surface area contributed by atoms with Gasteiger partial charge in [0.05, 0.1) is 7.11 Å². The van der Waals surface area contributed by atoms with Crippen molar-refractivity contribution in [3.63, 3.8) is 0 Å². The molecular formula is C7H6IN3O3S. The Hall–Kier alpha value is -0.640. The average Bonchev–Trinajstić information content (AvgIpc) is 2.78. The van der Waals surface area contributed by atoms with E-state index in [1.54, 1.807) is 0 Å². The molecule has 0 bridgehead atoms. The van der Waals surface area contributed by atoms with E-state index in [4.69, 9.17) is 0 Å². The van der Waals surface area contributed by atoms with E-state index < -0.39 is 6.09 Å². The van der Waals surface area contributed by atoms with Crippen molar-refractivity contribution < 1.29 is 14.3 Å². The molecule has 2 aliphatic rings. The summed E-state index contributed by atoms with van der Waals surface area (Å²) in [6, 6.07) is -0.227. The van der Waals surface area contributed by atoms with Gasteiger partial charge in [0.25, 0.3) is 0 Å². The van der Waals surface area contributed by atoms with Crippen molar-refractivity contribution in [1.82, 2.24) is 5.01 Å². The number of aliphatic imine (C=N–C) groups is 1. The van der Waals surface area contributed by atoms with Gasteiger partial charge in [-0.05, 0) is 22.6 Å². The number of amides is 1. The Bertz CT molecular complexity index is 384. The number of hydrogen-bond donors (Lipinski definition) is 0. The van der Waals surface area contributed by atoms with Gasteiger partial charge >= 0.3 is 6.09 Å². The summed E-state index contributed by atoms with van der Waals surface area (Å²) in [6.07, 6.45) is 0.147. The first-order chi connectivity index (χ1) is 7.17. The van der Waals surface area contributed by atoms with E-state index >= 15 is 0 Å². The molecule has 2 unspecified atom stereocenters. The summed E-state index contributed by atoms with van der Waals surface area (Å²) in [5.41, 5.74) is 0. The topological polar surface area (TPSA) is 71.3 Å². The molecule has 0 saturated carbocycles. The van der Waals surface area contributed by atoms with Crippen LogP contribution in [-0.2, 0) is 9.53 Å². The van der Waals surface area contributed by atoms with Crippen molar-refractivity contribution in [2.24, 2.45) is 10.1 Å². The molecule has 2 rings (SSSR count). The van der Waals surface area contributed by atoms with Crippen LogP contribution in [-0.4, -0.2) is 44.7 Å². The molecular weight excluding hydrogens is 333 g/mol. The maximum Gasteiger partial charge on any atom is 0.431 e. The van der Waals surface area contributed by atoms with Crippen molar-refractivity contribution in [3.8, 4) is 0 Å². The van der Waals surface area contributed by atoms with Gasteiger partial charge in [0.2, 0.25) is 0 Å². The smallest absolute Gasteiger partial charge is 0.431 e. The Balaban J connectivity index is 2.23. The van der Waals surface area contributed by atoms with Gasteiger partial charge < -0.3 is 4.74 Å². The Morgan fingerprint density at radius 3 is 3.07 bits per heavy atom. The zero-order valence-corrected chi connectivity index (χ0v) is 10.6. The van der Waals surface area contributed by atoms with Crippen molar-refractivity contribution in [2.75, 3.05) is 7.11 Å². The summed E-state index contributed by atoms with van der Waals surface area (Å²) in [7, 11) is 1.29. The van der Waals surface area contributed by atoms with Crippen LogP contribution in [0.4, 0.5) is 4.79 Å². The lowest BCUT2D eigenvalue weighted by molar-refractivity contribution is -0.102. The minimum atomic E-state index is -0.536. The van der Waals surface area contributed by atoms with Gasteiger partial charge in [0.15, 0.2) is 6.29 Å². The molecule has 0 aromatic carbocycles. The fraction of sp³-hybridized carbons (Fsp3) is 0.429. The molecule has 0 aromatic heterocycles. The fourth-order valence-electron chi connectivity index (χ4n) is 1.29. The lowest BCUT2D eigenvalue weighted by Gasteiger charge is -2.17. The zero-order chi connectivity index (χ0) is 11.0. The summed E-state index contributed by atoms with van der Waals surface area (Å²) in [6.45, 7) is 0. The summed E-state index contributed by atoms with van der Waals surface area (Å²) in [5, 5.41) is 5.37. The number of carbonyl (C=O) groups is 2. The summed E-state index contributed by atoms with van der Waals surface area (Å²) >= 11 is 3.23. The van der Waals surface area contributed by atoms with Crippen LogP contribution in [0.25, 0.3) is 0 Å². The van der Waals surface area contributed by atoms with Gasteiger partial charge in [-0.25, -0.2) is 4.79 Å². The van der Waals surface area contributed by atoms with Crippen LogP contribution in [0.15, 0.2) is 10.1 Å². The summed E-state index contributed by atoms with van der Waals surface area (Å²) in [5.74, 6) is 0. The number of rotatable bonds is 1. The molecule has 0 saturated heterocycles. The van der Waals surface area contributed by atoms with Crippen LogP contribution in [0.2, 0.25) is 0 Å². The summed E-state index contributed by atoms with van der Waals surface area (Å²) in [4.78, 5) is 26.0. The molecule has 2 atom stereocenters. The SMILES string of the molecule is COC(=O)N1N=C(I)C2N=C(C=O)SC21. The van der Waals surface area contributed by atoms with Crippen molar-refractivity contribution in [3.05, 3.63) is 0 Å². The number of halogens is 1. The third-order valence-electron chi connectivity index (χ3n) is 1.93. The number of thioether (sulfide) groups is 1. The quantitative estimate of drug-likeness (QED) is 0.525. The van der Waals surface area contributed by atoms with Crippen LogP contribution < -0.4 is 0 Å². The molecule has 2 heterocycles. The van der Waals surface area contributed by atoms with Crippen molar-refractivity contribution in [2.45, 2.75) is 11.4 Å². The Kier molecular flexibility index (Phi) is 2.96. The molecule has 0 N–H and O–H groups in total. The van der Waals surface area contributed by atoms with Crippen LogP contribution in [0.1, 0.15) is 0 Å². The fourth-order valence-corrected chi connectivity index (χ4v) is 3.27. The van der Waals surface area contributed by atoms with Crippen LogP contribution in [0.3, 0.4) is 0 Å². The minimum absolute atomic E-state index is 0.227. The highest BCUT2D eigenvalue weighted by molar-refractivity contribution is 14.1. The predicted molar refractivity (Wildman–Crippen MR) is 64.4 cm³/mol. The second-order valence-electron chi connectivity index (χ2n) is 2.78. The van der Waals surface area contributed by atoms with E-state index in [9.17, 15) is 9.59 Å². The Morgan fingerprint density at radius 1 is 1.73 bits per heavy atom. The lowest BCUT2D eigenvalue weighted by Crippen LogP contribution is -2.34. The molecule has 15 heavy (non-hydrogen) atoms. The van der Waals surface area contributed by atoms with E-state index in [-0.39, 0.29) is 11.4 Å². The van der Waals surface area contributed by atoms with E-state index in [2.05, 4.69) is 14.8 Å². The number of hydrogen-bond acceptors (Lipinski definition) is 6. The molecule has 2 aliphatic heterocycles. The number of methoxy groups -OCH3 is 1. The first kappa shape index (κ1) is 10.9. The standard InChI is InChI=1S/C7H6IN3O3S/c1-14-7(13)11-6-4(5(8)10-11)9-3(2-12)15-6/h2,4,6H,1H3. The largest absolute Gasteiger partial charge is 0.451 e. The third kappa shape index (κ3) is 1.75. The monoisotopic (exact) mass is 339 g/mol. The highest BCUT2D eigenvalue weighted by Crippen LogP contribution is 2.36. The van der Waals surface area contributed by atoms with Crippen LogP contribution in [0, 0.1) is 0 Å². The predicted octanol–water partition coefficient (Wildman–Crippen LogP) is 0.856. The van der Waals surface area contributed by atoms with Crippen LogP contribution >= 0.6 is 34.4 Å². The highest BCUT2D eigenvalue weighted by Gasteiger charge is 2.45. The molecule has 0 aromatic rings. The molecule has 1 amide bonds. The average molecular weight is 339 g/mol. The van der Waals surface area contributed by atoms with Gasteiger partial charge in [-0.1, -0.05) is 11.8 Å². The lowest BCUT2D eigenvalue weighted by atomic mass is 10.3. The second-order valence-corrected chi connectivity index (χ2v) is 5.02. The second kappa shape index (κ2) is 4.08. The Labute approximate surface area is 103 Å². The number of aldehydes is 1. The van der Waals surface area contributed by atoms with E-state index in [0.29, 0.717) is 15.0 Å². The Morgan fingerprint density at radius 2 is 2.47 bits per heavy atom. The van der Waals surface area contributed by atoms with Crippen LogP contribution in [0.5, 0.6) is 0 Å². The first-order valence-electron chi connectivity index (χ1n) is 3.98. The highest BCUT2D eigenvalue weighted by atomic mass is 127. The maximum absolute atomic E-state index is 11.3. The maximum atomic E-state index is 11.3. The van der Waals surface area contributed by atoms with E-state index in [1.165, 1.54) is 23.9 Å². The van der Waals surface area contributed by atoms with Gasteiger partial charge in [0.1, 0.15) is 20.2 Å². The van der Waals surface area contributed by atoms with Crippen molar-refractivity contribution in [1.29, 1.82) is 0 Å². The normalized spacial score (nSPS) is 28.3. The molecule has 80 valence electrons. The van der Waals surface area contributed by atoms with Gasteiger partial charge in [0, 0.05) is 0 Å². The number of fused-ring (bicyclic) bond motifs is 1. The summed E-state index contributed by atoms with van der Waals surface area (Å²) < 4.78 is 5.27. The number of ether oxygens (including phenoxy) is 1. The number of nitrogens with zero attached hydrogens (tertiary/aromatic N) is 3. The van der Waals surface area contributed by atoms with E-state index in [0.717, 1.165) is 0 Å². The molecule has 6 nitrogen and oxygen atoms in total. The van der Waals surface area contributed by atoms with E-state index in [1.807, 2.05) is 22.6 Å². The minimum Gasteiger partial charge on any atom is -0.451 e. The van der Waals surface area contributed by atoms with Gasteiger partial charge in [-0.2, -0.15) is 10.1 Å². The molecule has 0 spiro atoms. The molecule has 0 radical (unpaired) electrons. The van der Waals surface area contributed by atoms with Crippen molar-refractivity contribution >= 4 is 55.5 Å². The van der Waals surface area contributed by atoms with Gasteiger partial charge in [-0.15, -0.1) is 0 Å². The first-order valence-corrected chi connectivity index (χ1v) is 5.94. The molecule has 0 aliphatic carbocycles. The number of carbonyl (C=O) groups excluding carboxylic acids is 2. The van der Waals surface area contributed by atoms with Gasteiger partial charge in [-0.3, -0.25) is 9.79 Å². The zero-order valence-electron chi connectivity index (χ0n) is 7.58.